The van der Waals surface area contributed by atoms with E-state index in [1.165, 1.54) is 0 Å². The fourth-order valence-electron chi connectivity index (χ4n) is 2.06. The first-order valence-electron chi connectivity index (χ1n) is 5.68. The first kappa shape index (κ1) is 12.0. The lowest BCUT2D eigenvalue weighted by molar-refractivity contribution is -0.0329. The minimum atomic E-state index is -0.408. The molecule has 0 radical (unpaired) electrons. The van der Waals surface area contributed by atoms with E-state index >= 15 is 0 Å². The summed E-state index contributed by atoms with van der Waals surface area (Å²) in [5, 5.41) is 13.3. The number of likely N-dealkylation sites (tertiary alicyclic amines) is 1. The van der Waals surface area contributed by atoms with Crippen LogP contribution in [-0.4, -0.2) is 48.3 Å². The maximum Gasteiger partial charge on any atom is 0.0684 e. The zero-order valence-electron chi connectivity index (χ0n) is 9.71. The molecular weight excluding hydrogens is 176 g/mol. The Balaban J connectivity index is 2.33. The molecule has 1 fully saturated rings. The van der Waals surface area contributed by atoms with E-state index in [9.17, 15) is 5.11 Å². The predicted molar refractivity (Wildman–Crippen MR) is 59.4 cm³/mol. The molecule has 3 heteroatoms. The van der Waals surface area contributed by atoms with E-state index in [1.807, 2.05) is 7.05 Å². The van der Waals surface area contributed by atoms with Crippen LogP contribution in [0.1, 0.15) is 33.1 Å². The van der Waals surface area contributed by atoms with E-state index in [1.54, 1.807) is 0 Å². The zero-order chi connectivity index (χ0) is 10.6. The average molecular weight is 200 g/mol. The summed E-state index contributed by atoms with van der Waals surface area (Å²) >= 11 is 0. The highest BCUT2D eigenvalue weighted by atomic mass is 16.3. The maximum atomic E-state index is 10.2. The summed E-state index contributed by atoms with van der Waals surface area (Å²) in [5.74, 6) is 0. The first-order valence-corrected chi connectivity index (χ1v) is 5.68. The van der Waals surface area contributed by atoms with Crippen LogP contribution in [0, 0.1) is 0 Å². The summed E-state index contributed by atoms with van der Waals surface area (Å²) in [5.41, 5.74) is -0.408. The molecule has 0 saturated carbocycles. The fraction of sp³-hybridized carbons (Fsp3) is 1.00. The van der Waals surface area contributed by atoms with Gasteiger partial charge in [-0.15, -0.1) is 0 Å². The number of rotatable bonds is 4. The normalized spacial score (nSPS) is 22.9. The van der Waals surface area contributed by atoms with Crippen molar-refractivity contribution >= 4 is 0 Å². The number of hydrogen-bond acceptors (Lipinski definition) is 3. The molecular formula is C11H24N2O. The molecule has 0 bridgehead atoms. The molecule has 1 saturated heterocycles. The molecule has 0 amide bonds. The highest BCUT2D eigenvalue weighted by Gasteiger charge is 2.32. The maximum absolute atomic E-state index is 10.2. The molecule has 1 aliphatic rings. The lowest BCUT2D eigenvalue weighted by atomic mass is 9.88. The van der Waals surface area contributed by atoms with Crippen molar-refractivity contribution in [2.45, 2.75) is 44.8 Å². The number of hydrogen-bond donors (Lipinski definition) is 2. The van der Waals surface area contributed by atoms with Crippen molar-refractivity contribution in [1.29, 1.82) is 0 Å². The van der Waals surface area contributed by atoms with Gasteiger partial charge in [-0.1, -0.05) is 0 Å². The van der Waals surface area contributed by atoms with Gasteiger partial charge in [0.1, 0.15) is 0 Å². The summed E-state index contributed by atoms with van der Waals surface area (Å²) in [7, 11) is 1.94. The molecule has 0 spiro atoms. The topological polar surface area (TPSA) is 35.5 Å². The van der Waals surface area contributed by atoms with Crippen molar-refractivity contribution < 1.29 is 5.11 Å². The Morgan fingerprint density at radius 1 is 1.36 bits per heavy atom. The van der Waals surface area contributed by atoms with Crippen LogP contribution in [0.4, 0.5) is 0 Å². The number of aliphatic hydroxyl groups is 1. The molecule has 0 atom stereocenters. The van der Waals surface area contributed by atoms with Crippen LogP contribution in [0.25, 0.3) is 0 Å². The van der Waals surface area contributed by atoms with Gasteiger partial charge >= 0.3 is 0 Å². The molecule has 0 aromatic carbocycles. The number of piperidine rings is 1. The summed E-state index contributed by atoms with van der Waals surface area (Å²) in [6.45, 7) is 7.43. The standard InChI is InChI=1S/C11H24N2O/c1-10(2)13-8-5-11(14,6-9-13)4-7-12-3/h10,12,14H,4-9H2,1-3H3. The van der Waals surface area contributed by atoms with E-state index in [4.69, 9.17) is 0 Å². The van der Waals surface area contributed by atoms with Gasteiger partial charge in [0.2, 0.25) is 0 Å². The van der Waals surface area contributed by atoms with Crippen molar-refractivity contribution in [3.8, 4) is 0 Å². The second-order valence-corrected chi connectivity index (χ2v) is 4.71. The Labute approximate surface area is 87.5 Å². The minimum absolute atomic E-state index is 0.408. The lowest BCUT2D eigenvalue weighted by Gasteiger charge is -2.40. The molecule has 14 heavy (non-hydrogen) atoms. The molecule has 1 aliphatic heterocycles. The van der Waals surface area contributed by atoms with Gasteiger partial charge in [-0.05, 0) is 46.7 Å². The van der Waals surface area contributed by atoms with Gasteiger partial charge in [-0.2, -0.15) is 0 Å². The minimum Gasteiger partial charge on any atom is -0.390 e. The van der Waals surface area contributed by atoms with E-state index in [0.717, 1.165) is 38.9 Å². The predicted octanol–water partition coefficient (Wildman–Crippen LogP) is 0.831. The third-order valence-corrected chi connectivity index (χ3v) is 3.30. The largest absolute Gasteiger partial charge is 0.390 e. The summed E-state index contributed by atoms with van der Waals surface area (Å²) in [4.78, 5) is 2.44. The Morgan fingerprint density at radius 3 is 2.36 bits per heavy atom. The van der Waals surface area contributed by atoms with Gasteiger partial charge < -0.3 is 15.3 Å². The second-order valence-electron chi connectivity index (χ2n) is 4.71. The molecule has 1 heterocycles. The van der Waals surface area contributed by atoms with Crippen molar-refractivity contribution in [2.75, 3.05) is 26.7 Å². The van der Waals surface area contributed by atoms with Gasteiger partial charge in [0.15, 0.2) is 0 Å². The molecule has 0 aromatic rings. The number of nitrogens with one attached hydrogen (secondary N) is 1. The van der Waals surface area contributed by atoms with Gasteiger partial charge in [0.05, 0.1) is 5.60 Å². The third kappa shape index (κ3) is 3.23. The fourth-order valence-corrected chi connectivity index (χ4v) is 2.06. The third-order valence-electron chi connectivity index (χ3n) is 3.30. The molecule has 0 aliphatic carbocycles. The number of nitrogens with zero attached hydrogens (tertiary/aromatic N) is 1. The molecule has 2 N–H and O–H groups in total. The Bertz CT molecular complexity index is 163. The van der Waals surface area contributed by atoms with Crippen LogP contribution in [0.2, 0.25) is 0 Å². The highest BCUT2D eigenvalue weighted by Crippen LogP contribution is 2.25. The van der Waals surface area contributed by atoms with Gasteiger partial charge in [-0.3, -0.25) is 0 Å². The van der Waals surface area contributed by atoms with Crippen molar-refractivity contribution in [2.24, 2.45) is 0 Å². The van der Waals surface area contributed by atoms with Crippen LogP contribution in [0.15, 0.2) is 0 Å². The summed E-state index contributed by atoms with van der Waals surface area (Å²) < 4.78 is 0. The van der Waals surface area contributed by atoms with Crippen molar-refractivity contribution in [3.05, 3.63) is 0 Å². The SMILES string of the molecule is CNCCC1(O)CCN(C(C)C)CC1. The van der Waals surface area contributed by atoms with Gasteiger partial charge in [-0.25, -0.2) is 0 Å². The quantitative estimate of drug-likeness (QED) is 0.705. The molecule has 0 unspecified atom stereocenters. The molecule has 0 aromatic heterocycles. The van der Waals surface area contributed by atoms with Crippen LogP contribution < -0.4 is 5.32 Å². The highest BCUT2D eigenvalue weighted by molar-refractivity contribution is 4.87. The smallest absolute Gasteiger partial charge is 0.0684 e. The monoisotopic (exact) mass is 200 g/mol. The van der Waals surface area contributed by atoms with Crippen LogP contribution in [0.3, 0.4) is 0 Å². The van der Waals surface area contributed by atoms with Gasteiger partial charge in [0.25, 0.3) is 0 Å². The van der Waals surface area contributed by atoms with E-state index in [0.29, 0.717) is 6.04 Å². The zero-order valence-corrected chi connectivity index (χ0v) is 9.71. The summed E-state index contributed by atoms with van der Waals surface area (Å²) in [6, 6.07) is 0.615. The Kier molecular flexibility index (Phi) is 4.35. The molecule has 1 rings (SSSR count). The van der Waals surface area contributed by atoms with Gasteiger partial charge in [0, 0.05) is 19.1 Å². The Morgan fingerprint density at radius 2 is 1.93 bits per heavy atom. The second kappa shape index (κ2) is 5.10. The van der Waals surface area contributed by atoms with Crippen molar-refractivity contribution in [3.63, 3.8) is 0 Å². The van der Waals surface area contributed by atoms with Crippen LogP contribution in [-0.2, 0) is 0 Å². The van der Waals surface area contributed by atoms with E-state index in [-0.39, 0.29) is 0 Å². The van der Waals surface area contributed by atoms with E-state index < -0.39 is 5.60 Å². The first-order chi connectivity index (χ1) is 6.57. The van der Waals surface area contributed by atoms with E-state index in [2.05, 4.69) is 24.1 Å². The lowest BCUT2D eigenvalue weighted by Crippen LogP contribution is -2.47. The molecule has 3 nitrogen and oxygen atoms in total. The average Bonchev–Trinajstić information content (AvgIpc) is 2.16. The van der Waals surface area contributed by atoms with Crippen LogP contribution in [0.5, 0.6) is 0 Å². The summed E-state index contributed by atoms with van der Waals surface area (Å²) in [6.07, 6.45) is 2.73. The van der Waals surface area contributed by atoms with Crippen LogP contribution >= 0.6 is 0 Å². The Hall–Kier alpha value is -0.120. The van der Waals surface area contributed by atoms with Crippen molar-refractivity contribution in [1.82, 2.24) is 10.2 Å². The molecule has 84 valence electrons.